The molecule has 1 atom stereocenters. The molecule has 0 N–H and O–H groups in total. The van der Waals surface area contributed by atoms with Crippen molar-refractivity contribution < 1.29 is 4.39 Å². The van der Waals surface area contributed by atoms with Crippen LogP contribution < -0.4 is 0 Å². The van der Waals surface area contributed by atoms with Gasteiger partial charge >= 0.3 is 0 Å². The normalized spacial score (nSPS) is 20.0. The van der Waals surface area contributed by atoms with Crippen molar-refractivity contribution in [2.24, 2.45) is 0 Å². The number of hydrogen-bond donors (Lipinski definition) is 0. The Morgan fingerprint density at radius 1 is 1.42 bits per heavy atom. The zero-order valence-corrected chi connectivity index (χ0v) is 11.2. The van der Waals surface area contributed by atoms with Gasteiger partial charge in [-0.15, -0.1) is 0 Å². The Morgan fingerprint density at radius 2 is 2.32 bits per heavy atom. The molecule has 1 aromatic carbocycles. The van der Waals surface area contributed by atoms with Gasteiger partial charge in [0, 0.05) is 18.8 Å². The molecule has 0 aliphatic carbocycles. The predicted octanol–water partition coefficient (Wildman–Crippen LogP) is 3.47. The molecule has 0 radical (unpaired) electrons. The molecule has 1 fully saturated rings. The summed E-state index contributed by atoms with van der Waals surface area (Å²) in [4.78, 5) is 2.30. The fourth-order valence-corrected chi connectivity index (χ4v) is 2.84. The molecule has 19 heavy (non-hydrogen) atoms. The molecule has 0 saturated carbocycles. The molecule has 1 saturated heterocycles. The quantitative estimate of drug-likeness (QED) is 0.858. The van der Waals surface area contributed by atoms with Crippen LogP contribution in [0.2, 0.25) is 5.02 Å². The first-order valence-electron chi connectivity index (χ1n) is 6.40. The lowest BCUT2D eigenvalue weighted by molar-refractivity contribution is 0.191. The smallest absolute Gasteiger partial charge is 0.123 e. The van der Waals surface area contributed by atoms with Crippen LogP contribution in [0.25, 0.3) is 0 Å². The Kier molecular flexibility index (Phi) is 3.53. The Morgan fingerprint density at radius 3 is 3.05 bits per heavy atom. The van der Waals surface area contributed by atoms with Gasteiger partial charge in [0.05, 0.1) is 17.9 Å². The van der Waals surface area contributed by atoms with Crippen molar-refractivity contribution >= 4 is 11.6 Å². The summed E-state index contributed by atoms with van der Waals surface area (Å²) in [5.74, 6) is -0.175. The molecule has 1 aliphatic rings. The van der Waals surface area contributed by atoms with Gasteiger partial charge in [-0.25, -0.2) is 4.39 Å². The maximum atomic E-state index is 13.3. The van der Waals surface area contributed by atoms with E-state index in [9.17, 15) is 4.39 Å². The summed E-state index contributed by atoms with van der Waals surface area (Å²) >= 11 is 5.87. The lowest BCUT2D eigenvalue weighted by Gasteiger charge is -2.24. The summed E-state index contributed by atoms with van der Waals surface area (Å²) in [7, 11) is 0. The molecule has 0 spiro atoms. The molecule has 2 heterocycles. The maximum absolute atomic E-state index is 13.3. The zero-order chi connectivity index (χ0) is 13.2. The number of hydrogen-bond acceptors (Lipinski definition) is 2. The monoisotopic (exact) mass is 279 g/mol. The number of likely N-dealkylation sites (tertiary alicyclic amines) is 1. The summed E-state index contributed by atoms with van der Waals surface area (Å²) in [6.45, 7) is 1.69. The van der Waals surface area contributed by atoms with Crippen molar-refractivity contribution in [1.82, 2.24) is 14.7 Å². The van der Waals surface area contributed by atoms with Crippen LogP contribution in [0.5, 0.6) is 0 Å². The second kappa shape index (κ2) is 5.31. The number of nitrogens with zero attached hydrogens (tertiary/aromatic N) is 3. The summed E-state index contributed by atoms with van der Waals surface area (Å²) < 4.78 is 15.1. The van der Waals surface area contributed by atoms with Crippen LogP contribution in [0.4, 0.5) is 4.39 Å². The minimum absolute atomic E-state index is 0.175. The van der Waals surface area contributed by atoms with E-state index in [2.05, 4.69) is 10.00 Å². The SMILES string of the molecule is Fc1cccc(C2CCCN2Cn2cc(Cl)cn2)c1. The van der Waals surface area contributed by atoms with Crippen molar-refractivity contribution in [2.75, 3.05) is 6.54 Å². The third-order valence-corrected chi connectivity index (χ3v) is 3.72. The third kappa shape index (κ3) is 2.80. The van der Waals surface area contributed by atoms with E-state index in [4.69, 9.17) is 11.6 Å². The first kappa shape index (κ1) is 12.6. The highest BCUT2D eigenvalue weighted by molar-refractivity contribution is 6.30. The highest BCUT2D eigenvalue weighted by atomic mass is 35.5. The summed E-state index contributed by atoms with van der Waals surface area (Å²) in [6, 6.07) is 7.13. The van der Waals surface area contributed by atoms with Crippen LogP contribution >= 0.6 is 11.6 Å². The van der Waals surface area contributed by atoms with E-state index in [0.29, 0.717) is 11.7 Å². The van der Waals surface area contributed by atoms with E-state index in [0.717, 1.165) is 24.9 Å². The van der Waals surface area contributed by atoms with Crippen LogP contribution in [-0.2, 0) is 6.67 Å². The number of halogens is 2. The molecule has 0 bridgehead atoms. The molecule has 2 aromatic rings. The minimum atomic E-state index is -0.175. The number of rotatable bonds is 3. The van der Waals surface area contributed by atoms with E-state index in [1.54, 1.807) is 18.3 Å². The van der Waals surface area contributed by atoms with Gasteiger partial charge in [0.15, 0.2) is 0 Å². The van der Waals surface area contributed by atoms with Gasteiger partial charge in [0.25, 0.3) is 0 Å². The topological polar surface area (TPSA) is 21.1 Å². The van der Waals surface area contributed by atoms with Gasteiger partial charge in [0.2, 0.25) is 0 Å². The summed E-state index contributed by atoms with van der Waals surface area (Å²) in [6.07, 6.45) is 5.62. The molecular weight excluding hydrogens is 265 g/mol. The molecule has 5 heteroatoms. The molecule has 1 aromatic heterocycles. The van der Waals surface area contributed by atoms with Gasteiger partial charge in [-0.1, -0.05) is 23.7 Å². The predicted molar refractivity (Wildman–Crippen MR) is 72.3 cm³/mol. The average Bonchev–Trinajstić information content (AvgIpc) is 2.99. The van der Waals surface area contributed by atoms with E-state index in [1.165, 1.54) is 6.07 Å². The van der Waals surface area contributed by atoms with Crippen LogP contribution in [0.1, 0.15) is 24.4 Å². The van der Waals surface area contributed by atoms with Gasteiger partial charge in [-0.05, 0) is 30.5 Å². The van der Waals surface area contributed by atoms with Crippen LogP contribution in [-0.4, -0.2) is 21.2 Å². The minimum Gasteiger partial charge on any atom is -0.277 e. The van der Waals surface area contributed by atoms with Gasteiger partial charge in [-0.3, -0.25) is 9.58 Å². The largest absolute Gasteiger partial charge is 0.277 e. The average molecular weight is 280 g/mol. The Labute approximate surface area is 116 Å². The van der Waals surface area contributed by atoms with Crippen molar-refractivity contribution in [3.8, 4) is 0 Å². The first-order valence-corrected chi connectivity index (χ1v) is 6.77. The molecule has 0 amide bonds. The Bertz CT molecular complexity index is 569. The van der Waals surface area contributed by atoms with E-state index in [1.807, 2.05) is 16.9 Å². The number of benzene rings is 1. The van der Waals surface area contributed by atoms with E-state index >= 15 is 0 Å². The second-order valence-corrected chi connectivity index (χ2v) is 5.30. The molecule has 1 aliphatic heterocycles. The fraction of sp³-hybridized carbons (Fsp3) is 0.357. The van der Waals surface area contributed by atoms with Crippen molar-refractivity contribution in [1.29, 1.82) is 0 Å². The van der Waals surface area contributed by atoms with Crippen molar-refractivity contribution in [3.05, 3.63) is 53.1 Å². The highest BCUT2D eigenvalue weighted by Gasteiger charge is 2.26. The molecule has 3 nitrogen and oxygen atoms in total. The van der Waals surface area contributed by atoms with Crippen LogP contribution in [0.15, 0.2) is 36.7 Å². The standard InChI is InChI=1S/C14H15ClFN3/c15-12-8-17-19(9-12)10-18-6-2-5-14(18)11-3-1-4-13(16)7-11/h1,3-4,7-9,14H,2,5-6,10H2. The lowest BCUT2D eigenvalue weighted by Crippen LogP contribution is -2.26. The van der Waals surface area contributed by atoms with Crippen LogP contribution in [0.3, 0.4) is 0 Å². The molecule has 1 unspecified atom stereocenters. The molecule has 3 rings (SSSR count). The van der Waals surface area contributed by atoms with Crippen LogP contribution in [0, 0.1) is 5.82 Å². The number of aromatic nitrogens is 2. The van der Waals surface area contributed by atoms with E-state index < -0.39 is 0 Å². The van der Waals surface area contributed by atoms with Gasteiger partial charge < -0.3 is 0 Å². The maximum Gasteiger partial charge on any atom is 0.123 e. The zero-order valence-electron chi connectivity index (χ0n) is 10.5. The van der Waals surface area contributed by atoms with E-state index in [-0.39, 0.29) is 11.9 Å². The molecular formula is C14H15ClFN3. The Hall–Kier alpha value is -1.39. The van der Waals surface area contributed by atoms with Crippen molar-refractivity contribution in [2.45, 2.75) is 25.6 Å². The Balaban J connectivity index is 1.78. The lowest BCUT2D eigenvalue weighted by atomic mass is 10.0. The van der Waals surface area contributed by atoms with Gasteiger partial charge in [-0.2, -0.15) is 5.10 Å². The molecule has 100 valence electrons. The van der Waals surface area contributed by atoms with Gasteiger partial charge in [0.1, 0.15) is 5.82 Å². The second-order valence-electron chi connectivity index (χ2n) is 4.86. The summed E-state index contributed by atoms with van der Waals surface area (Å²) in [5, 5.41) is 4.83. The fourth-order valence-electron chi connectivity index (χ4n) is 2.69. The first-order chi connectivity index (χ1) is 9.22. The third-order valence-electron chi connectivity index (χ3n) is 3.53. The highest BCUT2D eigenvalue weighted by Crippen LogP contribution is 2.32. The summed E-state index contributed by atoms with van der Waals surface area (Å²) in [5.41, 5.74) is 1.04. The van der Waals surface area contributed by atoms with Crippen molar-refractivity contribution in [3.63, 3.8) is 0 Å².